The van der Waals surface area contributed by atoms with E-state index >= 15 is 0 Å². The molecule has 7 nitrogen and oxygen atoms in total. The minimum Gasteiger partial charge on any atom is -0.347 e. The fourth-order valence-corrected chi connectivity index (χ4v) is 5.71. The summed E-state index contributed by atoms with van der Waals surface area (Å²) in [4.78, 5) is 20.1. The van der Waals surface area contributed by atoms with Gasteiger partial charge in [-0.15, -0.1) is 11.3 Å². The highest BCUT2D eigenvalue weighted by molar-refractivity contribution is 7.89. The molecule has 0 N–H and O–H groups in total. The smallest absolute Gasteiger partial charge is 0.265 e. The highest BCUT2D eigenvalue weighted by atomic mass is 32.2. The number of hydrogen-bond donors (Lipinski definition) is 0. The van der Waals surface area contributed by atoms with E-state index in [4.69, 9.17) is 0 Å². The molecule has 1 aliphatic heterocycles. The first-order chi connectivity index (χ1) is 13.3. The van der Waals surface area contributed by atoms with Crippen molar-refractivity contribution in [3.63, 3.8) is 0 Å². The third-order valence-corrected chi connectivity index (χ3v) is 8.11. The number of unbranched alkanes of at least 4 members (excludes halogenated alkanes) is 1. The summed E-state index contributed by atoms with van der Waals surface area (Å²) in [6.45, 7) is 5.95. The summed E-state index contributed by atoms with van der Waals surface area (Å²) in [7, 11) is -0.126. The van der Waals surface area contributed by atoms with Gasteiger partial charge in [0.2, 0.25) is 10.0 Å². The lowest BCUT2D eigenvalue weighted by Gasteiger charge is -2.15. The molecule has 0 bridgehead atoms. The quantitative estimate of drug-likeness (QED) is 0.684. The van der Waals surface area contributed by atoms with Crippen LogP contribution in [0.3, 0.4) is 0 Å². The van der Waals surface area contributed by atoms with Crippen molar-refractivity contribution in [1.29, 1.82) is 0 Å². The molecule has 1 saturated heterocycles. The zero-order valence-corrected chi connectivity index (χ0v) is 18.6. The lowest BCUT2D eigenvalue weighted by molar-refractivity contribution is 0.0796. The number of carbonyl (C=O) groups excluding carboxylic acids is 1. The van der Waals surface area contributed by atoms with Gasteiger partial charge in [-0.3, -0.25) is 4.79 Å². The minimum atomic E-state index is -3.54. The van der Waals surface area contributed by atoms with Gasteiger partial charge < -0.3 is 9.47 Å². The molecule has 2 aromatic heterocycles. The Morgan fingerprint density at radius 1 is 1.32 bits per heavy atom. The van der Waals surface area contributed by atoms with Crippen LogP contribution in [0.2, 0.25) is 0 Å². The summed E-state index contributed by atoms with van der Waals surface area (Å²) in [6, 6.07) is 1.65. The Kier molecular flexibility index (Phi) is 6.26. The molecule has 1 aliphatic rings. The van der Waals surface area contributed by atoms with Gasteiger partial charge in [0, 0.05) is 39.9 Å². The Labute approximate surface area is 171 Å². The maximum atomic E-state index is 12.8. The number of hydrogen-bond acceptors (Lipinski definition) is 5. The Morgan fingerprint density at radius 3 is 2.64 bits per heavy atom. The third-order valence-electron chi connectivity index (χ3n) is 5.12. The summed E-state index contributed by atoms with van der Waals surface area (Å²) in [5, 5.41) is 0.667. The van der Waals surface area contributed by atoms with Gasteiger partial charge in [0.25, 0.3) is 5.91 Å². The molecule has 1 fully saturated rings. The van der Waals surface area contributed by atoms with Gasteiger partial charge >= 0.3 is 0 Å². The molecule has 3 rings (SSSR count). The molecule has 2 aromatic rings. The topological polar surface area (TPSA) is 75.5 Å². The number of sulfonamides is 1. The molecule has 0 radical (unpaired) electrons. The molecule has 0 aliphatic carbocycles. The van der Waals surface area contributed by atoms with Gasteiger partial charge in [-0.25, -0.2) is 17.7 Å². The van der Waals surface area contributed by atoms with E-state index in [0.29, 0.717) is 27.8 Å². The molecule has 9 heteroatoms. The molecule has 0 saturated carbocycles. The second kappa shape index (κ2) is 8.34. The monoisotopic (exact) mass is 424 g/mol. The standard InChI is InChI=1S/C19H28N4O3S2/c1-5-6-9-22(4)28(25,26)15-12-16(21(3)13-15)18-20-14(2)17(27-18)19(24)23-10-7-8-11-23/h12-13H,5-11H2,1-4H3. The summed E-state index contributed by atoms with van der Waals surface area (Å²) >= 11 is 1.34. The van der Waals surface area contributed by atoms with Crippen LogP contribution < -0.4 is 0 Å². The first kappa shape index (κ1) is 21.0. The SMILES string of the molecule is CCCCN(C)S(=O)(=O)c1cc(-c2nc(C)c(C(=O)N3CCCC3)s2)n(C)c1. The molecule has 0 atom stereocenters. The molecule has 0 aromatic carbocycles. The van der Waals surface area contributed by atoms with Crippen LogP contribution >= 0.6 is 11.3 Å². The van der Waals surface area contributed by atoms with E-state index in [1.165, 1.54) is 15.6 Å². The summed E-state index contributed by atoms with van der Waals surface area (Å²) in [5.74, 6) is 0.0279. The van der Waals surface area contributed by atoms with Crippen molar-refractivity contribution in [2.75, 3.05) is 26.7 Å². The van der Waals surface area contributed by atoms with Crippen LogP contribution in [-0.4, -0.2) is 59.8 Å². The van der Waals surface area contributed by atoms with Crippen LogP contribution in [0.15, 0.2) is 17.2 Å². The maximum Gasteiger partial charge on any atom is 0.265 e. The first-order valence-corrected chi connectivity index (χ1v) is 11.9. The van der Waals surface area contributed by atoms with Gasteiger partial charge in [-0.2, -0.15) is 0 Å². The highest BCUT2D eigenvalue weighted by Crippen LogP contribution is 2.32. The number of aryl methyl sites for hydroxylation is 2. The Balaban J connectivity index is 1.89. The van der Waals surface area contributed by atoms with Crippen molar-refractivity contribution in [3.8, 4) is 10.7 Å². The molecular formula is C19H28N4O3S2. The Morgan fingerprint density at radius 2 is 2.00 bits per heavy atom. The number of aromatic nitrogens is 2. The number of likely N-dealkylation sites (tertiary alicyclic amines) is 1. The Bertz CT molecular complexity index is 956. The summed E-state index contributed by atoms with van der Waals surface area (Å²) < 4.78 is 28.8. The van der Waals surface area contributed by atoms with Crippen molar-refractivity contribution in [2.45, 2.75) is 44.4 Å². The zero-order chi connectivity index (χ0) is 20.5. The van der Waals surface area contributed by atoms with Crippen molar-refractivity contribution < 1.29 is 13.2 Å². The molecule has 28 heavy (non-hydrogen) atoms. The van der Waals surface area contributed by atoms with Crippen molar-refractivity contribution in [1.82, 2.24) is 18.8 Å². The fourth-order valence-electron chi connectivity index (χ4n) is 3.34. The van der Waals surface area contributed by atoms with E-state index < -0.39 is 10.0 Å². The zero-order valence-electron chi connectivity index (χ0n) is 16.9. The normalized spacial score (nSPS) is 15.0. The largest absolute Gasteiger partial charge is 0.347 e. The maximum absolute atomic E-state index is 12.8. The van der Waals surface area contributed by atoms with Crippen molar-refractivity contribution in [2.24, 2.45) is 7.05 Å². The molecule has 0 unspecified atom stereocenters. The van der Waals surface area contributed by atoms with Crippen LogP contribution in [0, 0.1) is 6.92 Å². The predicted octanol–water partition coefficient (Wildman–Crippen LogP) is 3.11. The van der Waals surface area contributed by atoms with E-state index in [0.717, 1.165) is 38.8 Å². The molecule has 3 heterocycles. The number of rotatable bonds is 7. The first-order valence-electron chi connectivity index (χ1n) is 9.65. The van der Waals surface area contributed by atoms with Crippen LogP contribution in [0.25, 0.3) is 10.7 Å². The van der Waals surface area contributed by atoms with E-state index in [9.17, 15) is 13.2 Å². The van der Waals surface area contributed by atoms with Crippen LogP contribution in [0.5, 0.6) is 0 Å². The lowest BCUT2D eigenvalue weighted by atomic mass is 10.3. The predicted molar refractivity (Wildman–Crippen MR) is 111 cm³/mol. The van der Waals surface area contributed by atoms with Crippen molar-refractivity contribution in [3.05, 3.63) is 22.8 Å². The molecule has 1 amide bonds. The van der Waals surface area contributed by atoms with Crippen LogP contribution in [0.1, 0.15) is 48.0 Å². The van der Waals surface area contributed by atoms with Gasteiger partial charge in [0.05, 0.1) is 11.4 Å². The highest BCUT2D eigenvalue weighted by Gasteiger charge is 2.27. The van der Waals surface area contributed by atoms with Gasteiger partial charge in [-0.1, -0.05) is 13.3 Å². The summed E-state index contributed by atoms with van der Waals surface area (Å²) in [6.07, 6.45) is 5.46. The number of amides is 1. The number of carbonyl (C=O) groups is 1. The van der Waals surface area contributed by atoms with E-state index in [-0.39, 0.29) is 10.8 Å². The summed E-state index contributed by atoms with van der Waals surface area (Å²) in [5.41, 5.74) is 1.40. The second-order valence-electron chi connectivity index (χ2n) is 7.28. The molecule has 0 spiro atoms. The van der Waals surface area contributed by atoms with Crippen LogP contribution in [0.4, 0.5) is 0 Å². The number of thiazole rings is 1. The fraction of sp³-hybridized carbons (Fsp3) is 0.579. The lowest BCUT2D eigenvalue weighted by Crippen LogP contribution is -2.27. The van der Waals surface area contributed by atoms with Crippen LogP contribution in [-0.2, 0) is 17.1 Å². The molecular weight excluding hydrogens is 396 g/mol. The second-order valence-corrected chi connectivity index (χ2v) is 10.3. The van der Waals surface area contributed by atoms with E-state index in [2.05, 4.69) is 4.98 Å². The van der Waals surface area contributed by atoms with Crippen molar-refractivity contribution >= 4 is 27.3 Å². The van der Waals surface area contributed by atoms with E-state index in [1.54, 1.807) is 30.9 Å². The average Bonchev–Trinajstić information content (AvgIpc) is 3.38. The molecule has 154 valence electrons. The minimum absolute atomic E-state index is 0.0279. The van der Waals surface area contributed by atoms with Gasteiger partial charge in [-0.05, 0) is 32.3 Å². The number of nitrogens with zero attached hydrogens (tertiary/aromatic N) is 4. The van der Waals surface area contributed by atoms with Gasteiger partial charge in [0.15, 0.2) is 0 Å². The van der Waals surface area contributed by atoms with E-state index in [1.807, 2.05) is 18.7 Å². The Hall–Kier alpha value is -1.71. The average molecular weight is 425 g/mol. The third kappa shape index (κ3) is 4.01. The van der Waals surface area contributed by atoms with Gasteiger partial charge in [0.1, 0.15) is 14.8 Å².